The Morgan fingerprint density at radius 1 is 1.21 bits per heavy atom. The summed E-state index contributed by atoms with van der Waals surface area (Å²) in [5, 5.41) is 0. The van der Waals surface area contributed by atoms with Crippen molar-refractivity contribution in [3.63, 3.8) is 0 Å². The van der Waals surface area contributed by atoms with Gasteiger partial charge in [0.1, 0.15) is 0 Å². The molecule has 0 fully saturated rings. The van der Waals surface area contributed by atoms with Gasteiger partial charge in [-0.1, -0.05) is 13.8 Å². The molecule has 0 aliphatic carbocycles. The lowest BCUT2D eigenvalue weighted by Crippen LogP contribution is -2.30. The first-order valence-electron chi connectivity index (χ1n) is 6.32. The summed E-state index contributed by atoms with van der Waals surface area (Å²) in [5.41, 5.74) is 4.93. The molecule has 0 heterocycles. The molecule has 5 heteroatoms. The Morgan fingerprint density at radius 2 is 1.79 bits per heavy atom. The molecule has 1 rings (SSSR count). The van der Waals surface area contributed by atoms with Gasteiger partial charge in [0, 0.05) is 24.5 Å². The molecular weight excluding hydrogens is 253 g/mol. The molecule has 0 aliphatic heterocycles. The number of hydrogen-bond acceptors (Lipinski definition) is 2. The molecule has 0 radical (unpaired) electrons. The molecule has 1 unspecified atom stereocenters. The topological polar surface area (TPSA) is 29.3 Å². The SMILES string of the molecule is CC(C)CC(C)N(C)c1ccc(N)c(C(F)(F)F)c1. The Labute approximate surface area is 112 Å². The monoisotopic (exact) mass is 274 g/mol. The second kappa shape index (κ2) is 5.72. The van der Waals surface area contributed by atoms with Crippen LogP contribution in [0.3, 0.4) is 0 Å². The molecule has 108 valence electrons. The maximum Gasteiger partial charge on any atom is 0.418 e. The molecule has 1 aromatic rings. The van der Waals surface area contributed by atoms with Crippen molar-refractivity contribution >= 4 is 11.4 Å². The van der Waals surface area contributed by atoms with Crippen LogP contribution in [-0.4, -0.2) is 13.1 Å². The molecule has 0 aliphatic rings. The van der Waals surface area contributed by atoms with Gasteiger partial charge in [-0.3, -0.25) is 0 Å². The minimum Gasteiger partial charge on any atom is -0.398 e. The largest absolute Gasteiger partial charge is 0.418 e. The number of rotatable bonds is 4. The highest BCUT2D eigenvalue weighted by molar-refractivity contribution is 5.59. The van der Waals surface area contributed by atoms with E-state index in [0.717, 1.165) is 12.5 Å². The van der Waals surface area contributed by atoms with Gasteiger partial charge in [-0.15, -0.1) is 0 Å². The van der Waals surface area contributed by atoms with Gasteiger partial charge in [0.2, 0.25) is 0 Å². The smallest absolute Gasteiger partial charge is 0.398 e. The van der Waals surface area contributed by atoms with E-state index in [1.807, 2.05) is 11.8 Å². The molecule has 1 atom stereocenters. The first kappa shape index (κ1) is 15.7. The zero-order valence-corrected chi connectivity index (χ0v) is 11.8. The molecule has 0 amide bonds. The third-order valence-corrected chi connectivity index (χ3v) is 3.22. The predicted octanol–water partition coefficient (Wildman–Crippen LogP) is 4.16. The zero-order chi connectivity index (χ0) is 14.8. The molecular formula is C14H21F3N2. The van der Waals surface area contributed by atoms with Crippen molar-refractivity contribution in [3.05, 3.63) is 23.8 Å². The summed E-state index contributed by atoms with van der Waals surface area (Å²) < 4.78 is 38.4. The Balaban J connectivity index is 3.02. The molecule has 0 bridgehead atoms. The quantitative estimate of drug-likeness (QED) is 0.835. The standard InChI is InChI=1S/C14H21F3N2/c1-9(2)7-10(3)19(4)11-5-6-13(18)12(8-11)14(15,16)17/h5-6,8-10H,7,18H2,1-4H3. The second-order valence-electron chi connectivity index (χ2n) is 5.36. The third-order valence-electron chi connectivity index (χ3n) is 3.22. The van der Waals surface area contributed by atoms with E-state index in [1.165, 1.54) is 6.07 Å². The van der Waals surface area contributed by atoms with Crippen molar-refractivity contribution in [2.45, 2.75) is 39.4 Å². The number of nitrogen functional groups attached to an aromatic ring is 1. The van der Waals surface area contributed by atoms with Crippen LogP contribution in [-0.2, 0) is 6.18 Å². The van der Waals surface area contributed by atoms with Crippen LogP contribution < -0.4 is 10.6 Å². The Kier molecular flexibility index (Phi) is 4.71. The van der Waals surface area contributed by atoms with E-state index in [2.05, 4.69) is 13.8 Å². The van der Waals surface area contributed by atoms with Crippen LogP contribution in [0.25, 0.3) is 0 Å². The highest BCUT2D eigenvalue weighted by Crippen LogP contribution is 2.36. The van der Waals surface area contributed by atoms with Crippen LogP contribution in [0.4, 0.5) is 24.5 Å². The van der Waals surface area contributed by atoms with Crippen LogP contribution in [0.5, 0.6) is 0 Å². The van der Waals surface area contributed by atoms with Gasteiger partial charge in [0.25, 0.3) is 0 Å². The second-order valence-corrected chi connectivity index (χ2v) is 5.36. The molecule has 0 saturated carbocycles. The summed E-state index contributed by atoms with van der Waals surface area (Å²) in [4.78, 5) is 1.86. The minimum absolute atomic E-state index is 0.171. The summed E-state index contributed by atoms with van der Waals surface area (Å²) in [6, 6.07) is 4.23. The number of anilines is 2. The molecule has 2 N–H and O–H groups in total. The van der Waals surface area contributed by atoms with Crippen LogP contribution >= 0.6 is 0 Å². The first-order chi connectivity index (χ1) is 8.62. The molecule has 0 saturated heterocycles. The van der Waals surface area contributed by atoms with Crippen LogP contribution in [0.2, 0.25) is 0 Å². The predicted molar refractivity (Wildman–Crippen MR) is 73.2 cm³/mol. The van der Waals surface area contributed by atoms with Crippen molar-refractivity contribution in [2.24, 2.45) is 5.92 Å². The summed E-state index contributed by atoms with van der Waals surface area (Å²) in [6.07, 6.45) is -3.50. The molecule has 2 nitrogen and oxygen atoms in total. The Morgan fingerprint density at radius 3 is 2.26 bits per heavy atom. The van der Waals surface area contributed by atoms with Gasteiger partial charge in [-0.2, -0.15) is 13.2 Å². The van der Waals surface area contributed by atoms with Gasteiger partial charge in [-0.25, -0.2) is 0 Å². The molecule has 0 spiro atoms. The fourth-order valence-electron chi connectivity index (χ4n) is 2.10. The molecule has 0 aromatic heterocycles. The van der Waals surface area contributed by atoms with Crippen LogP contribution in [0.1, 0.15) is 32.8 Å². The van der Waals surface area contributed by atoms with Crippen molar-refractivity contribution in [3.8, 4) is 0 Å². The average molecular weight is 274 g/mol. The van der Waals surface area contributed by atoms with Gasteiger partial charge in [0.05, 0.1) is 5.56 Å². The fraction of sp³-hybridized carbons (Fsp3) is 0.571. The van der Waals surface area contributed by atoms with Crippen LogP contribution in [0, 0.1) is 5.92 Å². The normalized spacial score (nSPS) is 13.7. The average Bonchev–Trinajstić information content (AvgIpc) is 2.26. The number of nitrogens with two attached hydrogens (primary N) is 1. The Hall–Kier alpha value is -1.39. The van der Waals surface area contributed by atoms with E-state index >= 15 is 0 Å². The summed E-state index contributed by atoms with van der Waals surface area (Å²) in [5.74, 6) is 0.494. The lowest BCUT2D eigenvalue weighted by Gasteiger charge is -2.29. The van der Waals surface area contributed by atoms with Gasteiger partial charge >= 0.3 is 6.18 Å². The van der Waals surface area contributed by atoms with E-state index in [1.54, 1.807) is 13.1 Å². The highest BCUT2D eigenvalue weighted by atomic mass is 19.4. The lowest BCUT2D eigenvalue weighted by atomic mass is 10.0. The molecule has 1 aromatic carbocycles. The molecule has 19 heavy (non-hydrogen) atoms. The number of hydrogen-bond donors (Lipinski definition) is 1. The first-order valence-corrected chi connectivity index (χ1v) is 6.32. The number of halogens is 3. The maximum atomic E-state index is 12.8. The van der Waals surface area contributed by atoms with Crippen molar-refractivity contribution in [1.29, 1.82) is 0 Å². The Bertz CT molecular complexity index is 427. The van der Waals surface area contributed by atoms with Crippen molar-refractivity contribution in [1.82, 2.24) is 0 Å². The third kappa shape index (κ3) is 4.04. The summed E-state index contributed by atoms with van der Waals surface area (Å²) >= 11 is 0. The number of nitrogens with zero attached hydrogens (tertiary/aromatic N) is 1. The van der Waals surface area contributed by atoms with E-state index in [9.17, 15) is 13.2 Å². The summed E-state index contributed by atoms with van der Waals surface area (Å²) in [7, 11) is 1.80. The van der Waals surface area contributed by atoms with Gasteiger partial charge < -0.3 is 10.6 Å². The van der Waals surface area contributed by atoms with E-state index in [0.29, 0.717) is 11.6 Å². The van der Waals surface area contributed by atoms with Gasteiger partial charge in [0.15, 0.2) is 0 Å². The van der Waals surface area contributed by atoms with Crippen LogP contribution in [0.15, 0.2) is 18.2 Å². The maximum absolute atomic E-state index is 12.8. The zero-order valence-electron chi connectivity index (χ0n) is 11.8. The minimum atomic E-state index is -4.41. The van der Waals surface area contributed by atoms with E-state index in [4.69, 9.17) is 5.73 Å². The van der Waals surface area contributed by atoms with Crippen molar-refractivity contribution in [2.75, 3.05) is 17.7 Å². The summed E-state index contributed by atoms with van der Waals surface area (Å²) in [6.45, 7) is 6.19. The van der Waals surface area contributed by atoms with E-state index < -0.39 is 11.7 Å². The lowest BCUT2D eigenvalue weighted by molar-refractivity contribution is -0.136. The van der Waals surface area contributed by atoms with E-state index in [-0.39, 0.29) is 11.7 Å². The van der Waals surface area contributed by atoms with Gasteiger partial charge in [-0.05, 0) is 37.5 Å². The number of alkyl halides is 3. The van der Waals surface area contributed by atoms with Crippen molar-refractivity contribution < 1.29 is 13.2 Å². The fourth-order valence-corrected chi connectivity index (χ4v) is 2.10. The number of benzene rings is 1. The highest BCUT2D eigenvalue weighted by Gasteiger charge is 2.33.